The summed E-state index contributed by atoms with van der Waals surface area (Å²) >= 11 is 0. The van der Waals surface area contributed by atoms with Gasteiger partial charge in [-0.1, -0.05) is 13.8 Å². The minimum absolute atomic E-state index is 0.570. The average molecular weight is 229 g/mol. The molecular weight excluding hydrogens is 206 g/mol. The van der Waals surface area contributed by atoms with E-state index in [9.17, 15) is 0 Å². The molecule has 0 atom stereocenters. The van der Waals surface area contributed by atoms with Crippen molar-refractivity contribution >= 4 is 5.96 Å². The summed E-state index contributed by atoms with van der Waals surface area (Å²) in [6.07, 6.45) is 0. The van der Waals surface area contributed by atoms with Crippen molar-refractivity contribution in [3.63, 3.8) is 0 Å². The van der Waals surface area contributed by atoms with Gasteiger partial charge in [0, 0.05) is 19.7 Å². The molecule has 0 amide bonds. The van der Waals surface area contributed by atoms with Crippen molar-refractivity contribution in [2.24, 2.45) is 16.6 Å². The Kier molecular flexibility index (Phi) is 6.18. The number of rotatable bonds is 5. The van der Waals surface area contributed by atoms with Gasteiger partial charge in [0.15, 0.2) is 5.96 Å². The van der Waals surface area contributed by atoms with Crippen LogP contribution >= 0.6 is 0 Å². The van der Waals surface area contributed by atoms with Crippen molar-refractivity contribution in [1.82, 2.24) is 4.90 Å². The monoisotopic (exact) mass is 229 g/mol. The number of hydrogen-bond acceptors (Lipinski definition) is 3. The molecule has 1 heterocycles. The third kappa shape index (κ3) is 5.32. The molecule has 1 rings (SSSR count). The molecule has 0 spiro atoms. The van der Waals surface area contributed by atoms with Crippen LogP contribution in [0.5, 0.6) is 0 Å². The molecule has 0 aromatic heterocycles. The van der Waals surface area contributed by atoms with E-state index in [1.807, 2.05) is 4.90 Å². The minimum Gasteiger partial charge on any atom is -0.379 e. The fourth-order valence-corrected chi connectivity index (χ4v) is 1.44. The molecule has 1 aliphatic heterocycles. The zero-order valence-corrected chi connectivity index (χ0v) is 10.3. The third-order valence-electron chi connectivity index (χ3n) is 2.30. The normalized spacial score (nSPS) is 18.2. The lowest BCUT2D eigenvalue weighted by Crippen LogP contribution is -2.45. The number of guanidine groups is 1. The smallest absolute Gasteiger partial charge is 0.191 e. The molecule has 0 saturated carbocycles. The first-order chi connectivity index (χ1) is 7.70. The number of ether oxygens (including phenoxy) is 2. The highest BCUT2D eigenvalue weighted by Gasteiger charge is 2.11. The van der Waals surface area contributed by atoms with E-state index in [2.05, 4.69) is 18.8 Å². The van der Waals surface area contributed by atoms with Gasteiger partial charge in [-0.2, -0.15) is 0 Å². The predicted octanol–water partition coefficient (Wildman–Crippen LogP) is 0.306. The zero-order valence-electron chi connectivity index (χ0n) is 10.3. The number of hydrogen-bond donors (Lipinski definition) is 1. The predicted molar refractivity (Wildman–Crippen MR) is 64.5 cm³/mol. The average Bonchev–Trinajstić information content (AvgIpc) is 2.29. The Hall–Kier alpha value is -0.810. The molecule has 1 aliphatic rings. The van der Waals surface area contributed by atoms with Gasteiger partial charge in [-0.3, -0.25) is 4.99 Å². The number of morpholine rings is 1. The topological polar surface area (TPSA) is 60.1 Å². The first kappa shape index (κ1) is 13.3. The maximum absolute atomic E-state index is 5.86. The lowest BCUT2D eigenvalue weighted by atomic mass is 10.2. The van der Waals surface area contributed by atoms with E-state index in [1.54, 1.807) is 0 Å². The molecule has 5 heteroatoms. The summed E-state index contributed by atoms with van der Waals surface area (Å²) in [6.45, 7) is 9.47. The van der Waals surface area contributed by atoms with Gasteiger partial charge in [0.05, 0.1) is 26.4 Å². The molecule has 0 unspecified atom stereocenters. The minimum atomic E-state index is 0.570. The molecule has 16 heavy (non-hydrogen) atoms. The summed E-state index contributed by atoms with van der Waals surface area (Å²) in [5.74, 6) is 1.18. The summed E-state index contributed by atoms with van der Waals surface area (Å²) in [5.41, 5.74) is 5.86. The van der Waals surface area contributed by atoms with Crippen LogP contribution in [-0.4, -0.2) is 56.9 Å². The van der Waals surface area contributed by atoms with Crippen LogP contribution in [0.2, 0.25) is 0 Å². The Morgan fingerprint density at radius 1 is 1.44 bits per heavy atom. The van der Waals surface area contributed by atoms with Gasteiger partial charge in [0.25, 0.3) is 0 Å². The van der Waals surface area contributed by atoms with Crippen molar-refractivity contribution in [1.29, 1.82) is 0 Å². The van der Waals surface area contributed by atoms with Crippen molar-refractivity contribution in [3.8, 4) is 0 Å². The number of nitrogens with zero attached hydrogens (tertiary/aromatic N) is 2. The molecule has 0 radical (unpaired) electrons. The Balaban J connectivity index is 2.12. The maximum Gasteiger partial charge on any atom is 0.191 e. The first-order valence-electron chi connectivity index (χ1n) is 5.90. The van der Waals surface area contributed by atoms with Gasteiger partial charge in [0.1, 0.15) is 0 Å². The fourth-order valence-electron chi connectivity index (χ4n) is 1.44. The summed E-state index contributed by atoms with van der Waals surface area (Å²) in [5, 5.41) is 0. The van der Waals surface area contributed by atoms with Gasteiger partial charge in [-0.25, -0.2) is 0 Å². The van der Waals surface area contributed by atoms with Gasteiger partial charge in [0.2, 0.25) is 0 Å². The lowest BCUT2D eigenvalue weighted by Gasteiger charge is -2.27. The van der Waals surface area contributed by atoms with E-state index in [0.29, 0.717) is 25.0 Å². The van der Waals surface area contributed by atoms with Crippen LogP contribution in [0.15, 0.2) is 4.99 Å². The largest absolute Gasteiger partial charge is 0.379 e. The Bertz CT molecular complexity index is 213. The van der Waals surface area contributed by atoms with Crippen molar-refractivity contribution < 1.29 is 9.47 Å². The first-order valence-corrected chi connectivity index (χ1v) is 5.90. The second kappa shape index (κ2) is 7.46. The molecule has 5 nitrogen and oxygen atoms in total. The van der Waals surface area contributed by atoms with Crippen molar-refractivity contribution in [2.45, 2.75) is 13.8 Å². The molecule has 0 aromatic carbocycles. The quantitative estimate of drug-likeness (QED) is 0.418. The fraction of sp³-hybridized carbons (Fsp3) is 0.909. The molecule has 94 valence electrons. The molecule has 1 saturated heterocycles. The van der Waals surface area contributed by atoms with Crippen LogP contribution in [0, 0.1) is 5.92 Å². The van der Waals surface area contributed by atoms with Crippen molar-refractivity contribution in [2.75, 3.05) is 46.1 Å². The third-order valence-corrected chi connectivity index (χ3v) is 2.30. The van der Waals surface area contributed by atoms with Crippen LogP contribution in [0.3, 0.4) is 0 Å². The highest BCUT2D eigenvalue weighted by atomic mass is 16.5. The number of nitrogens with two attached hydrogens (primary N) is 1. The van der Waals surface area contributed by atoms with Crippen LogP contribution in [0.4, 0.5) is 0 Å². The van der Waals surface area contributed by atoms with Crippen LogP contribution in [0.1, 0.15) is 13.8 Å². The van der Waals surface area contributed by atoms with Gasteiger partial charge >= 0.3 is 0 Å². The Labute approximate surface area is 97.6 Å². The molecule has 0 aliphatic carbocycles. The standard InChI is InChI=1S/C11H23N3O2/c1-10(2)9-16-6-3-13-11(12)14-4-7-15-8-5-14/h10H,3-9H2,1-2H3,(H2,12,13). The summed E-state index contributed by atoms with van der Waals surface area (Å²) in [4.78, 5) is 6.33. The summed E-state index contributed by atoms with van der Waals surface area (Å²) in [6, 6.07) is 0. The van der Waals surface area contributed by atoms with Crippen LogP contribution in [0.25, 0.3) is 0 Å². The van der Waals surface area contributed by atoms with Gasteiger partial charge in [-0.05, 0) is 5.92 Å². The molecule has 0 bridgehead atoms. The highest BCUT2D eigenvalue weighted by Crippen LogP contribution is 1.96. The molecule has 2 N–H and O–H groups in total. The van der Waals surface area contributed by atoms with E-state index < -0.39 is 0 Å². The van der Waals surface area contributed by atoms with Gasteiger partial charge < -0.3 is 20.1 Å². The summed E-state index contributed by atoms with van der Waals surface area (Å²) in [7, 11) is 0. The summed E-state index contributed by atoms with van der Waals surface area (Å²) < 4.78 is 10.7. The van der Waals surface area contributed by atoms with E-state index >= 15 is 0 Å². The van der Waals surface area contributed by atoms with Crippen molar-refractivity contribution in [3.05, 3.63) is 0 Å². The SMILES string of the molecule is CC(C)COCCN=C(N)N1CCOCC1. The van der Waals surface area contributed by atoms with Crippen LogP contribution in [-0.2, 0) is 9.47 Å². The second-order valence-electron chi connectivity index (χ2n) is 4.31. The van der Waals surface area contributed by atoms with E-state index in [4.69, 9.17) is 15.2 Å². The zero-order chi connectivity index (χ0) is 11.8. The highest BCUT2D eigenvalue weighted by molar-refractivity contribution is 5.78. The maximum atomic E-state index is 5.86. The Morgan fingerprint density at radius 3 is 2.75 bits per heavy atom. The van der Waals surface area contributed by atoms with E-state index in [0.717, 1.165) is 32.9 Å². The molecular formula is C11H23N3O2. The van der Waals surface area contributed by atoms with E-state index in [-0.39, 0.29) is 0 Å². The van der Waals surface area contributed by atoms with E-state index in [1.165, 1.54) is 0 Å². The van der Waals surface area contributed by atoms with Gasteiger partial charge in [-0.15, -0.1) is 0 Å². The molecule has 1 fully saturated rings. The van der Waals surface area contributed by atoms with Crippen LogP contribution < -0.4 is 5.73 Å². The number of aliphatic imine (C=N–C) groups is 1. The second-order valence-corrected chi connectivity index (χ2v) is 4.31. The molecule has 0 aromatic rings. The Morgan fingerprint density at radius 2 is 2.12 bits per heavy atom. The lowest BCUT2D eigenvalue weighted by molar-refractivity contribution is 0.0672.